The second kappa shape index (κ2) is 5.58. The van der Waals surface area contributed by atoms with Crippen LogP contribution < -0.4 is 10.6 Å². The largest absolute Gasteiger partial charge is 0.481 e. The molecular formula is C10H20N2O3. The number of urea groups is 1. The van der Waals surface area contributed by atoms with Gasteiger partial charge in [-0.2, -0.15) is 0 Å². The Morgan fingerprint density at radius 3 is 2.20 bits per heavy atom. The molecule has 0 aromatic rings. The smallest absolute Gasteiger partial charge is 0.314 e. The fraction of sp³-hybridized carbons (Fsp3) is 0.800. The van der Waals surface area contributed by atoms with Crippen molar-refractivity contribution in [1.29, 1.82) is 0 Å². The highest BCUT2D eigenvalue weighted by Crippen LogP contribution is 2.09. The molecule has 0 fully saturated rings. The van der Waals surface area contributed by atoms with Crippen molar-refractivity contribution >= 4 is 12.0 Å². The van der Waals surface area contributed by atoms with Crippen LogP contribution in [0.25, 0.3) is 0 Å². The lowest BCUT2D eigenvalue weighted by molar-refractivity contribution is -0.140. The van der Waals surface area contributed by atoms with Gasteiger partial charge in [-0.05, 0) is 5.41 Å². The predicted octanol–water partition coefficient (Wildman–Crippen LogP) is 1.05. The normalized spacial score (nSPS) is 13.1. The summed E-state index contributed by atoms with van der Waals surface area (Å²) >= 11 is 0. The summed E-state index contributed by atoms with van der Waals surface area (Å²) in [7, 11) is 0. The minimum absolute atomic E-state index is 0.0236. The summed E-state index contributed by atoms with van der Waals surface area (Å²) in [5.74, 6) is -1.48. The Hall–Kier alpha value is -1.26. The van der Waals surface area contributed by atoms with Gasteiger partial charge in [0, 0.05) is 13.1 Å². The highest BCUT2D eigenvalue weighted by Gasteiger charge is 2.14. The molecule has 0 heterocycles. The summed E-state index contributed by atoms with van der Waals surface area (Å²) in [6.07, 6.45) is 0. The van der Waals surface area contributed by atoms with Crippen molar-refractivity contribution in [2.24, 2.45) is 11.3 Å². The quantitative estimate of drug-likeness (QED) is 0.657. The van der Waals surface area contributed by atoms with Gasteiger partial charge >= 0.3 is 12.0 Å². The van der Waals surface area contributed by atoms with E-state index in [1.54, 1.807) is 6.92 Å². The van der Waals surface area contributed by atoms with E-state index in [9.17, 15) is 9.59 Å². The highest BCUT2D eigenvalue weighted by molar-refractivity contribution is 5.75. The Labute approximate surface area is 90.2 Å². The van der Waals surface area contributed by atoms with Crippen LogP contribution in [0.5, 0.6) is 0 Å². The van der Waals surface area contributed by atoms with Gasteiger partial charge < -0.3 is 15.7 Å². The number of amides is 2. The zero-order chi connectivity index (χ0) is 12.1. The van der Waals surface area contributed by atoms with E-state index >= 15 is 0 Å². The molecule has 0 bridgehead atoms. The van der Waals surface area contributed by atoms with Gasteiger partial charge in [-0.25, -0.2) is 4.79 Å². The summed E-state index contributed by atoms with van der Waals surface area (Å²) < 4.78 is 0. The van der Waals surface area contributed by atoms with Crippen molar-refractivity contribution in [3.63, 3.8) is 0 Å². The lowest BCUT2D eigenvalue weighted by Crippen LogP contribution is -2.42. The molecule has 0 saturated heterocycles. The van der Waals surface area contributed by atoms with E-state index in [0.717, 1.165) is 0 Å². The first-order chi connectivity index (χ1) is 6.72. The van der Waals surface area contributed by atoms with Crippen molar-refractivity contribution in [2.75, 3.05) is 13.1 Å². The van der Waals surface area contributed by atoms with Gasteiger partial charge in [-0.15, -0.1) is 0 Å². The van der Waals surface area contributed by atoms with E-state index in [2.05, 4.69) is 10.6 Å². The zero-order valence-corrected chi connectivity index (χ0v) is 9.76. The molecule has 3 N–H and O–H groups in total. The van der Waals surface area contributed by atoms with E-state index in [0.29, 0.717) is 6.54 Å². The Balaban J connectivity index is 3.72. The minimum Gasteiger partial charge on any atom is -0.481 e. The number of carboxylic acids is 1. The van der Waals surface area contributed by atoms with Gasteiger partial charge in [0.1, 0.15) is 0 Å². The highest BCUT2D eigenvalue weighted by atomic mass is 16.4. The van der Waals surface area contributed by atoms with Crippen LogP contribution in [0.15, 0.2) is 0 Å². The number of aliphatic carboxylic acids is 1. The van der Waals surface area contributed by atoms with Crippen LogP contribution >= 0.6 is 0 Å². The third-order valence-electron chi connectivity index (χ3n) is 1.77. The molecule has 0 rings (SSSR count). The average molecular weight is 216 g/mol. The van der Waals surface area contributed by atoms with Crippen LogP contribution in [0.3, 0.4) is 0 Å². The van der Waals surface area contributed by atoms with Gasteiger partial charge in [0.25, 0.3) is 0 Å². The van der Waals surface area contributed by atoms with E-state index in [-0.39, 0.29) is 18.0 Å². The maximum atomic E-state index is 11.2. The SMILES string of the molecule is CC(CNC(=O)NCC(C)(C)C)C(=O)O. The number of rotatable bonds is 4. The van der Waals surface area contributed by atoms with Gasteiger partial charge in [-0.3, -0.25) is 4.79 Å². The fourth-order valence-electron chi connectivity index (χ4n) is 0.741. The number of nitrogens with one attached hydrogen (secondary N) is 2. The summed E-state index contributed by atoms with van der Waals surface area (Å²) in [5.41, 5.74) is 0.0236. The molecule has 15 heavy (non-hydrogen) atoms. The summed E-state index contributed by atoms with van der Waals surface area (Å²) in [6, 6.07) is -0.321. The predicted molar refractivity (Wildman–Crippen MR) is 57.7 cm³/mol. The van der Waals surface area contributed by atoms with Crippen LogP contribution in [-0.2, 0) is 4.79 Å². The second-order valence-electron chi connectivity index (χ2n) is 4.86. The molecule has 2 amide bonds. The zero-order valence-electron chi connectivity index (χ0n) is 9.76. The topological polar surface area (TPSA) is 78.4 Å². The van der Waals surface area contributed by atoms with Crippen molar-refractivity contribution in [3.05, 3.63) is 0 Å². The van der Waals surface area contributed by atoms with Crippen molar-refractivity contribution in [1.82, 2.24) is 10.6 Å². The first kappa shape index (κ1) is 13.7. The molecule has 0 aliphatic carbocycles. The van der Waals surface area contributed by atoms with Crippen molar-refractivity contribution in [2.45, 2.75) is 27.7 Å². The molecular weight excluding hydrogens is 196 g/mol. The second-order valence-corrected chi connectivity index (χ2v) is 4.86. The lowest BCUT2D eigenvalue weighted by atomic mass is 9.97. The van der Waals surface area contributed by atoms with Gasteiger partial charge in [0.05, 0.1) is 5.92 Å². The molecule has 0 aliphatic heterocycles. The molecule has 0 saturated carbocycles. The molecule has 0 radical (unpaired) electrons. The third-order valence-corrected chi connectivity index (χ3v) is 1.77. The molecule has 0 aliphatic rings. The van der Waals surface area contributed by atoms with E-state index in [4.69, 9.17) is 5.11 Å². The Kier molecular flexibility index (Phi) is 5.11. The van der Waals surface area contributed by atoms with Crippen LogP contribution in [0.1, 0.15) is 27.7 Å². The molecule has 0 aromatic carbocycles. The lowest BCUT2D eigenvalue weighted by Gasteiger charge is -2.19. The van der Waals surface area contributed by atoms with E-state index in [1.807, 2.05) is 20.8 Å². The number of carbonyl (C=O) groups is 2. The average Bonchev–Trinajstić information content (AvgIpc) is 2.09. The molecule has 5 heteroatoms. The first-order valence-corrected chi connectivity index (χ1v) is 4.97. The molecule has 88 valence electrons. The van der Waals surface area contributed by atoms with E-state index in [1.165, 1.54) is 0 Å². The molecule has 5 nitrogen and oxygen atoms in total. The van der Waals surface area contributed by atoms with Crippen LogP contribution in [0.2, 0.25) is 0 Å². The number of carboxylic acid groups (broad SMARTS) is 1. The Bertz CT molecular complexity index is 233. The summed E-state index contributed by atoms with van der Waals surface area (Å²) in [6.45, 7) is 8.27. The maximum Gasteiger partial charge on any atom is 0.314 e. The number of hydrogen-bond acceptors (Lipinski definition) is 2. The summed E-state index contributed by atoms with van der Waals surface area (Å²) in [5, 5.41) is 13.8. The van der Waals surface area contributed by atoms with Crippen LogP contribution in [0, 0.1) is 11.3 Å². The summed E-state index contributed by atoms with van der Waals surface area (Å²) in [4.78, 5) is 21.7. The van der Waals surface area contributed by atoms with Gasteiger partial charge in [0.2, 0.25) is 0 Å². The molecule has 1 unspecified atom stereocenters. The maximum absolute atomic E-state index is 11.2. The van der Waals surface area contributed by atoms with Gasteiger partial charge in [0.15, 0.2) is 0 Å². The number of carbonyl (C=O) groups excluding carboxylic acids is 1. The van der Waals surface area contributed by atoms with E-state index < -0.39 is 11.9 Å². The standard InChI is InChI=1S/C10H20N2O3/c1-7(8(13)14)5-11-9(15)12-6-10(2,3)4/h7H,5-6H2,1-4H3,(H,13,14)(H2,11,12,15). The number of hydrogen-bond donors (Lipinski definition) is 3. The Morgan fingerprint density at radius 1 is 1.27 bits per heavy atom. The van der Waals surface area contributed by atoms with Gasteiger partial charge in [-0.1, -0.05) is 27.7 Å². The molecule has 1 atom stereocenters. The monoisotopic (exact) mass is 216 g/mol. The third kappa shape index (κ3) is 7.78. The minimum atomic E-state index is -0.911. The van der Waals surface area contributed by atoms with Crippen LogP contribution in [-0.4, -0.2) is 30.2 Å². The Morgan fingerprint density at radius 2 is 1.80 bits per heavy atom. The molecule has 0 aromatic heterocycles. The fourth-order valence-corrected chi connectivity index (χ4v) is 0.741. The molecule has 0 spiro atoms. The first-order valence-electron chi connectivity index (χ1n) is 4.97. The van der Waals surface area contributed by atoms with Crippen molar-refractivity contribution in [3.8, 4) is 0 Å². The van der Waals surface area contributed by atoms with Crippen molar-refractivity contribution < 1.29 is 14.7 Å². The van der Waals surface area contributed by atoms with Crippen LogP contribution in [0.4, 0.5) is 4.79 Å².